The highest BCUT2D eigenvalue weighted by molar-refractivity contribution is 5.80. The van der Waals surface area contributed by atoms with Gasteiger partial charge in [0.25, 0.3) is 0 Å². The van der Waals surface area contributed by atoms with Crippen molar-refractivity contribution in [1.82, 2.24) is 10.2 Å². The molecular weight excluding hydrogens is 307 g/mol. The zero-order valence-electron chi connectivity index (χ0n) is 14.4. The Hall–Kier alpha value is -1.91. The van der Waals surface area contributed by atoms with E-state index in [1.807, 2.05) is 4.90 Å². The zero-order valence-corrected chi connectivity index (χ0v) is 14.4. The lowest BCUT2D eigenvalue weighted by Crippen LogP contribution is -2.43. The van der Waals surface area contributed by atoms with Gasteiger partial charge >= 0.3 is 0 Å². The average molecular weight is 334 g/mol. The summed E-state index contributed by atoms with van der Waals surface area (Å²) in [5.74, 6) is 0.0289. The number of rotatable bonds is 7. The highest BCUT2D eigenvalue weighted by Crippen LogP contribution is 2.18. The number of halogens is 1. The first-order valence-electron chi connectivity index (χ1n) is 8.90. The molecule has 0 radical (unpaired) electrons. The third-order valence-electron chi connectivity index (χ3n) is 4.59. The number of nitrogens with zero attached hydrogens (tertiary/aromatic N) is 1. The first kappa shape index (κ1) is 18.4. The van der Waals surface area contributed by atoms with Crippen LogP contribution < -0.4 is 5.32 Å². The molecule has 1 N–H and O–H groups in total. The number of likely N-dealkylation sites (tertiary alicyclic amines) is 1. The number of hydrogen-bond donors (Lipinski definition) is 1. The summed E-state index contributed by atoms with van der Waals surface area (Å²) in [5.41, 5.74) is 1.01. The van der Waals surface area contributed by atoms with Gasteiger partial charge in [-0.25, -0.2) is 4.39 Å². The van der Waals surface area contributed by atoms with Crippen LogP contribution in [-0.4, -0.2) is 36.3 Å². The molecule has 5 heteroatoms. The van der Waals surface area contributed by atoms with Gasteiger partial charge in [-0.1, -0.05) is 25.5 Å². The molecule has 2 rings (SSSR count). The molecule has 1 aliphatic rings. The van der Waals surface area contributed by atoms with Crippen LogP contribution in [0.25, 0.3) is 0 Å². The molecule has 0 spiro atoms. The predicted octanol–water partition coefficient (Wildman–Crippen LogP) is 2.91. The predicted molar refractivity (Wildman–Crippen MR) is 91.9 cm³/mol. The lowest BCUT2D eigenvalue weighted by molar-refractivity contribution is -0.135. The van der Waals surface area contributed by atoms with Crippen LogP contribution in [0.4, 0.5) is 4.39 Å². The number of nitrogens with one attached hydrogen (secondary N) is 1. The summed E-state index contributed by atoms with van der Waals surface area (Å²) in [6, 6.07) is 6.34. The van der Waals surface area contributed by atoms with Gasteiger partial charge < -0.3 is 10.2 Å². The summed E-state index contributed by atoms with van der Waals surface area (Å²) in [5, 5.41) is 2.96. The Labute approximate surface area is 143 Å². The van der Waals surface area contributed by atoms with Crippen molar-refractivity contribution in [3.8, 4) is 0 Å². The summed E-state index contributed by atoms with van der Waals surface area (Å²) in [7, 11) is 0. The molecule has 0 saturated carbocycles. The third kappa shape index (κ3) is 5.62. The van der Waals surface area contributed by atoms with Crippen LogP contribution in [0.5, 0.6) is 0 Å². The highest BCUT2D eigenvalue weighted by Gasteiger charge is 2.26. The van der Waals surface area contributed by atoms with Gasteiger partial charge in [-0.15, -0.1) is 0 Å². The van der Waals surface area contributed by atoms with Gasteiger partial charge in [0.1, 0.15) is 5.82 Å². The van der Waals surface area contributed by atoms with E-state index in [1.165, 1.54) is 12.1 Å². The quantitative estimate of drug-likeness (QED) is 0.833. The minimum Gasteiger partial charge on any atom is -0.356 e. The molecule has 0 bridgehead atoms. The molecule has 1 aromatic rings. The Morgan fingerprint density at radius 2 is 1.88 bits per heavy atom. The van der Waals surface area contributed by atoms with Gasteiger partial charge in [-0.2, -0.15) is 0 Å². The van der Waals surface area contributed by atoms with Gasteiger partial charge in [0.15, 0.2) is 0 Å². The van der Waals surface area contributed by atoms with Crippen molar-refractivity contribution in [2.24, 2.45) is 5.92 Å². The topological polar surface area (TPSA) is 49.4 Å². The first-order valence-corrected chi connectivity index (χ1v) is 8.90. The third-order valence-corrected chi connectivity index (χ3v) is 4.59. The number of unbranched alkanes of at least 4 members (excludes halogenated alkanes) is 1. The summed E-state index contributed by atoms with van der Waals surface area (Å²) in [6.45, 7) is 3.99. The minimum absolute atomic E-state index is 0.00607. The number of carbonyl (C=O) groups excluding carboxylic acids is 2. The number of hydrogen-bond acceptors (Lipinski definition) is 2. The van der Waals surface area contributed by atoms with Crippen molar-refractivity contribution in [2.45, 2.75) is 45.4 Å². The maximum atomic E-state index is 12.8. The molecule has 1 saturated heterocycles. The molecule has 1 aliphatic heterocycles. The maximum absolute atomic E-state index is 12.8. The number of amides is 2. The normalized spacial score (nSPS) is 15.3. The number of carbonyl (C=O) groups is 2. The fraction of sp³-hybridized carbons (Fsp3) is 0.579. The van der Waals surface area contributed by atoms with E-state index in [2.05, 4.69) is 12.2 Å². The van der Waals surface area contributed by atoms with Crippen molar-refractivity contribution in [1.29, 1.82) is 0 Å². The molecule has 0 aromatic heterocycles. The summed E-state index contributed by atoms with van der Waals surface area (Å²) >= 11 is 0. The van der Waals surface area contributed by atoms with Gasteiger partial charge in [0, 0.05) is 32.0 Å². The molecule has 0 aliphatic carbocycles. The van der Waals surface area contributed by atoms with Crippen molar-refractivity contribution in [3.05, 3.63) is 35.6 Å². The average Bonchev–Trinajstić information content (AvgIpc) is 2.61. The molecule has 0 atom stereocenters. The molecule has 132 valence electrons. The van der Waals surface area contributed by atoms with Crippen LogP contribution in [0.2, 0.25) is 0 Å². The molecule has 1 aromatic carbocycles. The smallest absolute Gasteiger partial charge is 0.223 e. The molecule has 24 heavy (non-hydrogen) atoms. The van der Waals surface area contributed by atoms with Crippen molar-refractivity contribution >= 4 is 11.8 Å². The van der Waals surface area contributed by atoms with Crippen molar-refractivity contribution < 1.29 is 14.0 Å². The van der Waals surface area contributed by atoms with E-state index >= 15 is 0 Å². The van der Waals surface area contributed by atoms with Crippen LogP contribution >= 0.6 is 0 Å². The Balaban J connectivity index is 1.67. The van der Waals surface area contributed by atoms with E-state index in [1.54, 1.807) is 12.1 Å². The van der Waals surface area contributed by atoms with Gasteiger partial charge in [-0.3, -0.25) is 9.59 Å². The molecule has 1 heterocycles. The zero-order chi connectivity index (χ0) is 17.4. The summed E-state index contributed by atoms with van der Waals surface area (Å²) < 4.78 is 12.8. The second-order valence-corrected chi connectivity index (χ2v) is 6.43. The Morgan fingerprint density at radius 1 is 1.21 bits per heavy atom. The van der Waals surface area contributed by atoms with E-state index in [-0.39, 0.29) is 23.5 Å². The van der Waals surface area contributed by atoms with E-state index < -0.39 is 0 Å². The lowest BCUT2D eigenvalue weighted by Gasteiger charge is -2.31. The van der Waals surface area contributed by atoms with Crippen LogP contribution in [0.3, 0.4) is 0 Å². The van der Waals surface area contributed by atoms with Crippen molar-refractivity contribution in [2.75, 3.05) is 19.6 Å². The fourth-order valence-corrected chi connectivity index (χ4v) is 3.00. The molecule has 0 unspecified atom stereocenters. The van der Waals surface area contributed by atoms with Gasteiger partial charge in [-0.05, 0) is 43.4 Å². The van der Waals surface area contributed by atoms with E-state index in [0.29, 0.717) is 32.5 Å². The molecular formula is C19H27FN2O2. The second kappa shape index (κ2) is 9.40. The largest absolute Gasteiger partial charge is 0.356 e. The van der Waals surface area contributed by atoms with Gasteiger partial charge in [0.05, 0.1) is 0 Å². The number of benzene rings is 1. The minimum atomic E-state index is -0.247. The summed E-state index contributed by atoms with van der Waals surface area (Å²) in [6.07, 6.45) is 4.74. The van der Waals surface area contributed by atoms with E-state index in [4.69, 9.17) is 0 Å². The molecule has 1 fully saturated rings. The SMILES string of the molecule is CCCCC(=O)N1CCC(C(=O)NCCc2ccc(F)cc2)CC1. The Kier molecular flexibility index (Phi) is 7.22. The molecule has 2 amide bonds. The number of piperidine rings is 1. The summed E-state index contributed by atoms with van der Waals surface area (Å²) in [4.78, 5) is 26.1. The monoisotopic (exact) mass is 334 g/mol. The van der Waals surface area contributed by atoms with E-state index in [0.717, 1.165) is 31.2 Å². The highest BCUT2D eigenvalue weighted by atomic mass is 19.1. The van der Waals surface area contributed by atoms with E-state index in [9.17, 15) is 14.0 Å². The van der Waals surface area contributed by atoms with Crippen LogP contribution in [0.1, 0.15) is 44.6 Å². The Bertz CT molecular complexity index is 537. The first-order chi connectivity index (χ1) is 11.6. The standard InChI is InChI=1S/C19H27FN2O2/c1-2-3-4-18(23)22-13-10-16(11-14-22)19(24)21-12-9-15-5-7-17(20)8-6-15/h5-8,16H,2-4,9-14H2,1H3,(H,21,24). The van der Waals surface area contributed by atoms with Gasteiger partial charge in [0.2, 0.25) is 11.8 Å². The second-order valence-electron chi connectivity index (χ2n) is 6.43. The fourth-order valence-electron chi connectivity index (χ4n) is 3.00. The molecule has 4 nitrogen and oxygen atoms in total. The Morgan fingerprint density at radius 3 is 2.50 bits per heavy atom. The maximum Gasteiger partial charge on any atom is 0.223 e. The lowest BCUT2D eigenvalue weighted by atomic mass is 9.95. The van der Waals surface area contributed by atoms with Crippen LogP contribution in [0.15, 0.2) is 24.3 Å². The van der Waals surface area contributed by atoms with Crippen molar-refractivity contribution in [3.63, 3.8) is 0 Å². The van der Waals surface area contributed by atoms with Crippen LogP contribution in [-0.2, 0) is 16.0 Å². The van der Waals surface area contributed by atoms with Crippen LogP contribution in [0, 0.1) is 11.7 Å².